The summed E-state index contributed by atoms with van der Waals surface area (Å²) in [6.45, 7) is 6.16. The van der Waals surface area contributed by atoms with E-state index in [1.165, 1.54) is 0 Å². The van der Waals surface area contributed by atoms with Gasteiger partial charge in [0.1, 0.15) is 5.75 Å². The highest BCUT2D eigenvalue weighted by Crippen LogP contribution is 2.31. The van der Waals surface area contributed by atoms with Crippen LogP contribution in [0.15, 0.2) is 46.9 Å². The molecule has 0 radical (unpaired) electrons. The summed E-state index contributed by atoms with van der Waals surface area (Å²) in [5.74, 6) is -0.257. The van der Waals surface area contributed by atoms with Crippen molar-refractivity contribution >= 4 is 50.3 Å². The van der Waals surface area contributed by atoms with E-state index in [1.54, 1.807) is 12.1 Å². The number of amides is 2. The lowest BCUT2D eigenvalue weighted by Gasteiger charge is -2.20. The molecule has 0 unspecified atom stereocenters. The van der Waals surface area contributed by atoms with E-state index in [0.29, 0.717) is 11.3 Å². The van der Waals surface area contributed by atoms with Gasteiger partial charge in [0.15, 0.2) is 6.61 Å². The molecule has 5 nitrogen and oxygen atoms in total. The highest BCUT2D eigenvalue weighted by Gasteiger charge is 2.16. The van der Waals surface area contributed by atoms with Crippen molar-refractivity contribution in [3.05, 3.63) is 61.6 Å². The second kappa shape index (κ2) is 8.85. The third kappa shape index (κ3) is 5.70. The molecule has 7 heteroatoms. The van der Waals surface area contributed by atoms with Gasteiger partial charge in [0.05, 0.1) is 10.0 Å². The van der Waals surface area contributed by atoms with Crippen molar-refractivity contribution in [2.75, 3.05) is 6.61 Å². The number of carbonyl (C=O) groups is 2. The fourth-order valence-corrected chi connectivity index (χ4v) is 3.23. The van der Waals surface area contributed by atoms with E-state index in [-0.39, 0.29) is 17.9 Å². The Kier molecular flexibility index (Phi) is 7.05. The minimum atomic E-state index is -0.448. The van der Waals surface area contributed by atoms with E-state index in [2.05, 4.69) is 70.1 Å². The highest BCUT2D eigenvalue weighted by atomic mass is 127. The Hall–Kier alpha value is -1.61. The number of ether oxygens (including phenoxy) is 1. The van der Waals surface area contributed by atoms with Crippen LogP contribution in [-0.4, -0.2) is 18.4 Å². The van der Waals surface area contributed by atoms with Crippen LogP contribution in [0.1, 0.15) is 36.7 Å². The van der Waals surface area contributed by atoms with Gasteiger partial charge in [-0.3, -0.25) is 20.4 Å². The van der Waals surface area contributed by atoms with E-state index in [1.807, 2.05) is 30.3 Å². The first-order chi connectivity index (χ1) is 12.2. The fourth-order valence-electron chi connectivity index (χ4n) is 2.10. The lowest BCUT2D eigenvalue weighted by Crippen LogP contribution is -2.44. The van der Waals surface area contributed by atoms with Gasteiger partial charge >= 0.3 is 0 Å². The van der Waals surface area contributed by atoms with Crippen molar-refractivity contribution in [2.45, 2.75) is 26.2 Å². The quantitative estimate of drug-likeness (QED) is 0.460. The monoisotopic (exact) mass is 530 g/mol. The lowest BCUT2D eigenvalue weighted by molar-refractivity contribution is -0.123. The summed E-state index contributed by atoms with van der Waals surface area (Å²) in [5.41, 5.74) is 6.41. The number of benzene rings is 2. The predicted octanol–water partition coefficient (Wildman–Crippen LogP) is 4.19. The van der Waals surface area contributed by atoms with Gasteiger partial charge in [0.2, 0.25) is 0 Å². The summed E-state index contributed by atoms with van der Waals surface area (Å²) in [4.78, 5) is 24.0. The summed E-state index contributed by atoms with van der Waals surface area (Å²) in [6.07, 6.45) is 0. The SMILES string of the molecule is CC(C)(C)c1ccc(OCC(=O)NNC(=O)c2ccccc2I)c(Br)c1. The van der Waals surface area contributed by atoms with Crippen LogP contribution >= 0.6 is 38.5 Å². The third-order valence-electron chi connectivity index (χ3n) is 3.59. The number of hydrogen-bond acceptors (Lipinski definition) is 3. The topological polar surface area (TPSA) is 67.4 Å². The summed E-state index contributed by atoms with van der Waals surface area (Å²) in [5, 5.41) is 0. The second-order valence-corrected chi connectivity index (χ2v) is 8.68. The van der Waals surface area contributed by atoms with E-state index >= 15 is 0 Å². The molecule has 2 amide bonds. The molecule has 138 valence electrons. The number of rotatable bonds is 4. The van der Waals surface area contributed by atoms with E-state index < -0.39 is 5.91 Å². The molecule has 2 rings (SSSR count). The Bertz CT molecular complexity index is 819. The van der Waals surface area contributed by atoms with Crippen LogP contribution in [0.5, 0.6) is 5.75 Å². The van der Waals surface area contributed by atoms with Crippen LogP contribution < -0.4 is 15.6 Å². The molecule has 0 saturated carbocycles. The molecule has 26 heavy (non-hydrogen) atoms. The molecule has 0 fully saturated rings. The molecule has 0 spiro atoms. The van der Waals surface area contributed by atoms with Gasteiger partial charge in [-0.15, -0.1) is 0 Å². The minimum Gasteiger partial charge on any atom is -0.483 e. The second-order valence-electron chi connectivity index (χ2n) is 6.67. The molecular formula is C19H20BrIN2O3. The van der Waals surface area contributed by atoms with Gasteiger partial charge < -0.3 is 4.74 Å². The fraction of sp³-hybridized carbons (Fsp3) is 0.263. The molecule has 2 aromatic rings. The average molecular weight is 531 g/mol. The zero-order valence-corrected chi connectivity index (χ0v) is 18.5. The van der Waals surface area contributed by atoms with Crippen molar-refractivity contribution in [2.24, 2.45) is 0 Å². The molecule has 2 N–H and O–H groups in total. The molecular weight excluding hydrogens is 511 g/mol. The first-order valence-electron chi connectivity index (χ1n) is 7.95. The molecule has 2 aromatic carbocycles. The standard InChI is InChI=1S/C19H20BrIN2O3/c1-19(2,3)12-8-9-16(14(20)10-12)26-11-17(24)22-23-18(25)13-6-4-5-7-15(13)21/h4-10H,11H2,1-3H3,(H,22,24)(H,23,25). The van der Waals surface area contributed by atoms with Crippen LogP contribution in [0, 0.1) is 3.57 Å². The molecule has 0 heterocycles. The minimum absolute atomic E-state index is 0.0255. The van der Waals surface area contributed by atoms with Gasteiger partial charge in [0.25, 0.3) is 11.8 Å². The van der Waals surface area contributed by atoms with Crippen LogP contribution in [0.3, 0.4) is 0 Å². The van der Waals surface area contributed by atoms with Gasteiger partial charge in [-0.2, -0.15) is 0 Å². The highest BCUT2D eigenvalue weighted by molar-refractivity contribution is 14.1. The number of hydrazine groups is 1. The summed E-state index contributed by atoms with van der Waals surface area (Å²) >= 11 is 5.53. The molecule has 0 aliphatic rings. The number of halogens is 2. The van der Waals surface area contributed by atoms with Crippen LogP contribution in [0.2, 0.25) is 0 Å². The van der Waals surface area contributed by atoms with Crippen molar-refractivity contribution in [1.82, 2.24) is 10.9 Å². The Balaban J connectivity index is 1.87. The molecule has 0 aromatic heterocycles. The van der Waals surface area contributed by atoms with Gasteiger partial charge in [-0.1, -0.05) is 39.0 Å². The van der Waals surface area contributed by atoms with Gasteiger partial charge in [-0.05, 0) is 73.8 Å². The van der Waals surface area contributed by atoms with E-state index in [4.69, 9.17) is 4.74 Å². The van der Waals surface area contributed by atoms with E-state index in [0.717, 1.165) is 13.6 Å². The Labute approximate surface area is 175 Å². The maximum atomic E-state index is 12.1. The van der Waals surface area contributed by atoms with Crippen molar-refractivity contribution in [3.63, 3.8) is 0 Å². The predicted molar refractivity (Wildman–Crippen MR) is 113 cm³/mol. The third-order valence-corrected chi connectivity index (χ3v) is 5.15. The van der Waals surface area contributed by atoms with Crippen molar-refractivity contribution < 1.29 is 14.3 Å². The van der Waals surface area contributed by atoms with Crippen molar-refractivity contribution in [3.8, 4) is 5.75 Å². The number of hydrogen-bond donors (Lipinski definition) is 2. The molecule has 0 aliphatic carbocycles. The van der Waals surface area contributed by atoms with Gasteiger partial charge in [-0.25, -0.2) is 0 Å². The molecule has 0 saturated heterocycles. The largest absolute Gasteiger partial charge is 0.483 e. The summed E-state index contributed by atoms with van der Waals surface area (Å²) in [6, 6.07) is 12.9. The van der Waals surface area contributed by atoms with Crippen LogP contribution in [0.25, 0.3) is 0 Å². The van der Waals surface area contributed by atoms with Crippen LogP contribution in [0.4, 0.5) is 0 Å². The summed E-state index contributed by atoms with van der Waals surface area (Å²) in [7, 11) is 0. The van der Waals surface area contributed by atoms with Crippen LogP contribution in [-0.2, 0) is 10.2 Å². The maximum absolute atomic E-state index is 12.1. The van der Waals surface area contributed by atoms with Gasteiger partial charge in [0, 0.05) is 3.57 Å². The number of nitrogens with one attached hydrogen (secondary N) is 2. The molecule has 0 bridgehead atoms. The Morgan fingerprint density at radius 3 is 2.42 bits per heavy atom. The average Bonchev–Trinajstić information content (AvgIpc) is 2.58. The lowest BCUT2D eigenvalue weighted by atomic mass is 9.87. The molecule has 0 aliphatic heterocycles. The van der Waals surface area contributed by atoms with Crippen molar-refractivity contribution in [1.29, 1.82) is 0 Å². The maximum Gasteiger partial charge on any atom is 0.276 e. The first-order valence-corrected chi connectivity index (χ1v) is 9.82. The smallest absolute Gasteiger partial charge is 0.276 e. The Morgan fingerprint density at radius 1 is 1.12 bits per heavy atom. The molecule has 0 atom stereocenters. The zero-order chi connectivity index (χ0) is 19.3. The first kappa shape index (κ1) is 20.7. The zero-order valence-electron chi connectivity index (χ0n) is 14.7. The summed E-state index contributed by atoms with van der Waals surface area (Å²) < 4.78 is 7.10. The number of carbonyl (C=O) groups excluding carboxylic acids is 2. The van der Waals surface area contributed by atoms with E-state index in [9.17, 15) is 9.59 Å². The normalized spacial score (nSPS) is 11.0. The Morgan fingerprint density at radius 2 is 1.81 bits per heavy atom.